The van der Waals surface area contributed by atoms with Crippen LogP contribution in [0, 0.1) is 6.92 Å². The van der Waals surface area contributed by atoms with Crippen LogP contribution in [0.4, 0.5) is 5.69 Å². The van der Waals surface area contributed by atoms with Crippen molar-refractivity contribution < 1.29 is 8.42 Å². The normalized spacial score (nSPS) is 17.7. The van der Waals surface area contributed by atoms with Gasteiger partial charge in [0.25, 0.3) is 0 Å². The monoisotopic (exact) mass is 297 g/mol. The highest BCUT2D eigenvalue weighted by atomic mass is 32.2. The highest BCUT2D eigenvalue weighted by Crippen LogP contribution is 2.21. The smallest absolute Gasteiger partial charge is 0.304 e. The molecule has 1 heterocycles. The second-order valence-electron chi connectivity index (χ2n) is 5.01. The van der Waals surface area contributed by atoms with Gasteiger partial charge in [-0.15, -0.1) is 0 Å². The molecule has 0 aromatic heterocycles. The number of anilines is 1. The minimum Gasteiger partial charge on any atom is -0.315 e. The third-order valence-electron chi connectivity index (χ3n) is 3.51. The van der Waals surface area contributed by atoms with Crippen molar-refractivity contribution in [2.45, 2.75) is 20.3 Å². The molecule has 20 heavy (non-hydrogen) atoms. The lowest BCUT2D eigenvalue weighted by molar-refractivity contribution is 0.429. The van der Waals surface area contributed by atoms with Gasteiger partial charge in [0.15, 0.2) is 0 Å². The van der Waals surface area contributed by atoms with Gasteiger partial charge in [0, 0.05) is 26.2 Å². The minimum atomic E-state index is -3.44. The third-order valence-corrected chi connectivity index (χ3v) is 5.56. The summed E-state index contributed by atoms with van der Waals surface area (Å²) >= 11 is 0. The van der Waals surface area contributed by atoms with Crippen molar-refractivity contribution in [3.8, 4) is 0 Å². The lowest BCUT2D eigenvalue weighted by Gasteiger charge is -2.29. The molecule has 1 aliphatic rings. The average molecular weight is 297 g/mol. The quantitative estimate of drug-likeness (QED) is 0.913. The minimum absolute atomic E-state index is 0.440. The van der Waals surface area contributed by atoms with Crippen LogP contribution in [0.25, 0.3) is 0 Å². The molecule has 0 aliphatic carbocycles. The van der Waals surface area contributed by atoms with Gasteiger partial charge < -0.3 is 5.32 Å². The number of nitrogens with one attached hydrogen (secondary N) is 1. The first-order chi connectivity index (χ1) is 9.55. The van der Waals surface area contributed by atoms with Crippen LogP contribution in [0.15, 0.2) is 24.3 Å². The van der Waals surface area contributed by atoms with Crippen molar-refractivity contribution in [1.82, 2.24) is 9.62 Å². The van der Waals surface area contributed by atoms with E-state index >= 15 is 0 Å². The lowest BCUT2D eigenvalue weighted by atomic mass is 10.2. The Balaban J connectivity index is 2.26. The van der Waals surface area contributed by atoms with E-state index in [9.17, 15) is 8.42 Å². The molecule has 0 spiro atoms. The summed E-state index contributed by atoms with van der Waals surface area (Å²) in [4.78, 5) is 0. The van der Waals surface area contributed by atoms with E-state index in [-0.39, 0.29) is 0 Å². The molecule has 6 heteroatoms. The van der Waals surface area contributed by atoms with Crippen LogP contribution in [0.1, 0.15) is 18.9 Å². The zero-order valence-corrected chi connectivity index (χ0v) is 13.0. The van der Waals surface area contributed by atoms with Gasteiger partial charge in [0.2, 0.25) is 0 Å². The first kappa shape index (κ1) is 15.3. The van der Waals surface area contributed by atoms with E-state index in [1.54, 1.807) is 4.31 Å². The van der Waals surface area contributed by atoms with Gasteiger partial charge in [-0.05, 0) is 38.9 Å². The molecule has 2 rings (SSSR count). The van der Waals surface area contributed by atoms with E-state index in [1.807, 2.05) is 38.1 Å². The number of rotatable bonds is 4. The predicted octanol–water partition coefficient (Wildman–Crippen LogP) is 1.36. The van der Waals surface area contributed by atoms with Crippen molar-refractivity contribution in [3.05, 3.63) is 29.8 Å². The Bertz CT molecular complexity index is 520. The summed E-state index contributed by atoms with van der Waals surface area (Å²) in [6.45, 7) is 7.01. The van der Waals surface area contributed by atoms with Gasteiger partial charge in [-0.25, -0.2) is 0 Å². The molecule has 1 N–H and O–H groups in total. The maximum atomic E-state index is 12.8. The molecular weight excluding hydrogens is 274 g/mol. The second-order valence-corrected chi connectivity index (χ2v) is 6.86. The van der Waals surface area contributed by atoms with Gasteiger partial charge in [-0.2, -0.15) is 12.7 Å². The summed E-state index contributed by atoms with van der Waals surface area (Å²) in [7, 11) is -3.44. The summed E-state index contributed by atoms with van der Waals surface area (Å²) in [5, 5.41) is 3.23. The molecule has 1 aromatic rings. The SMILES string of the molecule is CCN(c1ccc(C)cc1)S(=O)(=O)N1CCCNCC1. The second kappa shape index (κ2) is 6.56. The fourth-order valence-corrected chi connectivity index (χ4v) is 4.06. The molecular formula is C14H23N3O2S. The van der Waals surface area contributed by atoms with Crippen molar-refractivity contribution in [3.63, 3.8) is 0 Å². The predicted molar refractivity (Wildman–Crippen MR) is 82.2 cm³/mol. The maximum absolute atomic E-state index is 12.8. The Morgan fingerprint density at radius 2 is 1.90 bits per heavy atom. The van der Waals surface area contributed by atoms with Crippen LogP contribution in [0.5, 0.6) is 0 Å². The fourth-order valence-electron chi connectivity index (χ4n) is 2.38. The molecule has 1 aromatic carbocycles. The van der Waals surface area contributed by atoms with Gasteiger partial charge in [0.1, 0.15) is 0 Å². The average Bonchev–Trinajstić information content (AvgIpc) is 2.71. The summed E-state index contributed by atoms with van der Waals surface area (Å²) in [6, 6.07) is 7.62. The van der Waals surface area contributed by atoms with Gasteiger partial charge in [-0.3, -0.25) is 4.31 Å². The summed E-state index contributed by atoms with van der Waals surface area (Å²) in [5.41, 5.74) is 1.86. The van der Waals surface area contributed by atoms with Crippen LogP contribution < -0.4 is 9.62 Å². The molecule has 0 bridgehead atoms. The Labute approximate surface area is 121 Å². The molecule has 0 amide bonds. The molecule has 5 nitrogen and oxygen atoms in total. The summed E-state index contributed by atoms with van der Waals surface area (Å²) < 4.78 is 28.6. The highest BCUT2D eigenvalue weighted by molar-refractivity contribution is 7.90. The molecule has 1 aliphatic heterocycles. The molecule has 0 radical (unpaired) electrons. The van der Waals surface area contributed by atoms with Gasteiger partial charge >= 0.3 is 10.2 Å². The van der Waals surface area contributed by atoms with E-state index in [0.29, 0.717) is 26.2 Å². The Morgan fingerprint density at radius 1 is 1.20 bits per heavy atom. The van der Waals surface area contributed by atoms with Crippen LogP contribution in [-0.4, -0.2) is 45.4 Å². The van der Waals surface area contributed by atoms with Crippen LogP contribution in [0.3, 0.4) is 0 Å². The van der Waals surface area contributed by atoms with E-state index in [1.165, 1.54) is 4.31 Å². The molecule has 112 valence electrons. The van der Waals surface area contributed by atoms with Crippen LogP contribution >= 0.6 is 0 Å². The Kier molecular flexibility index (Phi) is 5.01. The Morgan fingerprint density at radius 3 is 2.55 bits per heavy atom. The first-order valence-electron chi connectivity index (χ1n) is 7.11. The van der Waals surface area contributed by atoms with E-state index < -0.39 is 10.2 Å². The van der Waals surface area contributed by atoms with Crippen molar-refractivity contribution in [1.29, 1.82) is 0 Å². The van der Waals surface area contributed by atoms with Crippen molar-refractivity contribution in [2.75, 3.05) is 37.0 Å². The molecule has 1 saturated heterocycles. The lowest BCUT2D eigenvalue weighted by Crippen LogP contribution is -2.45. The zero-order chi connectivity index (χ0) is 14.6. The first-order valence-corrected chi connectivity index (χ1v) is 8.50. The molecule has 0 saturated carbocycles. The molecule has 0 atom stereocenters. The number of hydrogen-bond acceptors (Lipinski definition) is 3. The number of aryl methyl sites for hydroxylation is 1. The highest BCUT2D eigenvalue weighted by Gasteiger charge is 2.29. The summed E-state index contributed by atoms with van der Waals surface area (Å²) in [5.74, 6) is 0. The number of benzene rings is 1. The van der Waals surface area contributed by atoms with E-state index in [4.69, 9.17) is 0 Å². The van der Waals surface area contributed by atoms with Crippen LogP contribution in [0.2, 0.25) is 0 Å². The number of nitrogens with zero attached hydrogens (tertiary/aromatic N) is 2. The standard InChI is InChI=1S/C14H23N3O2S/c1-3-17(14-7-5-13(2)6-8-14)20(18,19)16-11-4-9-15-10-12-16/h5-8,15H,3-4,9-12H2,1-2H3. The van der Waals surface area contributed by atoms with E-state index in [2.05, 4.69) is 5.32 Å². The Hall–Kier alpha value is -1.11. The van der Waals surface area contributed by atoms with Crippen molar-refractivity contribution >= 4 is 15.9 Å². The largest absolute Gasteiger partial charge is 0.315 e. The van der Waals surface area contributed by atoms with Crippen LogP contribution in [-0.2, 0) is 10.2 Å². The molecule has 0 unspecified atom stereocenters. The van der Waals surface area contributed by atoms with Gasteiger partial charge in [-0.1, -0.05) is 17.7 Å². The zero-order valence-electron chi connectivity index (χ0n) is 12.2. The van der Waals surface area contributed by atoms with Gasteiger partial charge in [0.05, 0.1) is 5.69 Å². The third kappa shape index (κ3) is 3.31. The number of hydrogen-bond donors (Lipinski definition) is 1. The topological polar surface area (TPSA) is 52.7 Å². The van der Waals surface area contributed by atoms with E-state index in [0.717, 1.165) is 24.2 Å². The molecule has 1 fully saturated rings. The fraction of sp³-hybridized carbons (Fsp3) is 0.571. The summed E-state index contributed by atoms with van der Waals surface area (Å²) in [6.07, 6.45) is 0.852. The van der Waals surface area contributed by atoms with Crippen molar-refractivity contribution in [2.24, 2.45) is 0 Å². The maximum Gasteiger partial charge on any atom is 0.304 e.